The molecule has 5 nitrogen and oxygen atoms in total. The van der Waals surface area contributed by atoms with Gasteiger partial charge in [0.15, 0.2) is 4.32 Å². The quantitative estimate of drug-likeness (QED) is 0.551. The van der Waals surface area contributed by atoms with Crippen LogP contribution in [0.25, 0.3) is 6.08 Å². The molecule has 1 heterocycles. The molecule has 1 N–H and O–H groups in total. The summed E-state index contributed by atoms with van der Waals surface area (Å²) in [4.78, 5) is 28.4. The number of amides is 1. The van der Waals surface area contributed by atoms with Crippen molar-refractivity contribution in [2.75, 3.05) is 22.9 Å². The first-order chi connectivity index (χ1) is 13.5. The normalized spacial score (nSPS) is 15.4. The molecule has 0 radical (unpaired) electrons. The number of thiocarbonyl (C=S) groups is 1. The largest absolute Gasteiger partial charge is 0.478 e. The van der Waals surface area contributed by atoms with Crippen molar-refractivity contribution in [3.8, 4) is 0 Å². The average molecular weight is 413 g/mol. The summed E-state index contributed by atoms with van der Waals surface area (Å²) in [5.74, 6) is -1.28. The molecule has 1 amide bonds. The Morgan fingerprint density at radius 1 is 1.14 bits per heavy atom. The highest BCUT2D eigenvalue weighted by Crippen LogP contribution is 2.36. The number of carboxylic acid groups (broad SMARTS) is 1. The van der Waals surface area contributed by atoms with Gasteiger partial charge in [0.05, 0.1) is 16.2 Å². The molecule has 0 saturated carbocycles. The number of hydrogen-bond acceptors (Lipinski definition) is 5. The van der Waals surface area contributed by atoms with Gasteiger partial charge in [0.1, 0.15) is 0 Å². The topological polar surface area (TPSA) is 60.9 Å². The number of benzene rings is 2. The lowest BCUT2D eigenvalue weighted by Gasteiger charge is -2.22. The van der Waals surface area contributed by atoms with Crippen LogP contribution < -0.4 is 9.80 Å². The molecule has 1 aliphatic heterocycles. The highest BCUT2D eigenvalue weighted by atomic mass is 32.2. The van der Waals surface area contributed by atoms with Crippen LogP contribution in [-0.4, -0.2) is 34.4 Å². The Morgan fingerprint density at radius 2 is 1.79 bits per heavy atom. The van der Waals surface area contributed by atoms with Crippen LogP contribution in [0.3, 0.4) is 0 Å². The summed E-state index contributed by atoms with van der Waals surface area (Å²) in [5.41, 5.74) is 2.42. The van der Waals surface area contributed by atoms with E-state index in [1.165, 1.54) is 22.7 Å². The monoisotopic (exact) mass is 412 g/mol. The van der Waals surface area contributed by atoms with Crippen molar-refractivity contribution in [3.05, 3.63) is 64.6 Å². The van der Waals surface area contributed by atoms with Gasteiger partial charge in [-0.1, -0.05) is 42.2 Å². The Kier molecular flexibility index (Phi) is 6.16. The van der Waals surface area contributed by atoms with Crippen molar-refractivity contribution in [1.82, 2.24) is 0 Å². The minimum atomic E-state index is -1.03. The van der Waals surface area contributed by atoms with Crippen molar-refractivity contribution in [1.29, 1.82) is 0 Å². The fraction of sp³-hybridized carbons (Fsp3) is 0.190. The maximum absolute atomic E-state index is 12.9. The van der Waals surface area contributed by atoms with E-state index in [-0.39, 0.29) is 11.5 Å². The Bertz CT molecular complexity index is 950. The van der Waals surface area contributed by atoms with Gasteiger partial charge >= 0.3 is 5.97 Å². The SMILES string of the molecule is CCN(CC)c1ccc(N2C(=O)/C(=C\c3ccccc3C(=O)O)SC2=S)cc1. The number of nitrogens with zero attached hydrogens (tertiary/aromatic N) is 2. The molecule has 0 aliphatic carbocycles. The highest BCUT2D eigenvalue weighted by Gasteiger charge is 2.33. The van der Waals surface area contributed by atoms with E-state index in [1.54, 1.807) is 24.3 Å². The van der Waals surface area contributed by atoms with Crippen molar-refractivity contribution < 1.29 is 14.7 Å². The molecule has 0 bridgehead atoms. The van der Waals surface area contributed by atoms with Crippen LogP contribution in [0, 0.1) is 0 Å². The number of hydrogen-bond donors (Lipinski definition) is 1. The smallest absolute Gasteiger partial charge is 0.336 e. The van der Waals surface area contributed by atoms with Crippen LogP contribution >= 0.6 is 24.0 Å². The number of carbonyl (C=O) groups excluding carboxylic acids is 1. The standard InChI is InChI=1S/C21H20N2O3S2/c1-3-22(4-2)15-9-11-16(12-10-15)23-19(24)18(28-21(23)27)13-14-7-5-6-8-17(14)20(25)26/h5-13H,3-4H2,1-2H3,(H,25,26)/b18-13+. The molecule has 0 spiro atoms. The van der Waals surface area contributed by atoms with E-state index in [2.05, 4.69) is 18.7 Å². The first kappa shape index (κ1) is 20.1. The van der Waals surface area contributed by atoms with Gasteiger partial charge in [-0.05, 0) is 55.8 Å². The van der Waals surface area contributed by atoms with Crippen LogP contribution in [0.1, 0.15) is 29.8 Å². The summed E-state index contributed by atoms with van der Waals surface area (Å²) in [7, 11) is 0. The van der Waals surface area contributed by atoms with E-state index in [0.717, 1.165) is 18.8 Å². The van der Waals surface area contributed by atoms with E-state index in [0.29, 0.717) is 20.5 Å². The summed E-state index contributed by atoms with van der Waals surface area (Å²) in [5, 5.41) is 9.34. The zero-order valence-corrected chi connectivity index (χ0v) is 17.2. The Morgan fingerprint density at radius 3 is 2.39 bits per heavy atom. The first-order valence-electron chi connectivity index (χ1n) is 8.91. The lowest BCUT2D eigenvalue weighted by Crippen LogP contribution is -2.27. The van der Waals surface area contributed by atoms with Crippen LogP contribution in [0.15, 0.2) is 53.4 Å². The predicted molar refractivity (Wildman–Crippen MR) is 119 cm³/mol. The molecule has 1 fully saturated rings. The van der Waals surface area contributed by atoms with E-state index in [1.807, 2.05) is 24.3 Å². The van der Waals surface area contributed by atoms with Crippen molar-refractivity contribution in [2.24, 2.45) is 0 Å². The summed E-state index contributed by atoms with van der Waals surface area (Å²) in [6.45, 7) is 6.00. The van der Waals surface area contributed by atoms with Gasteiger partial charge in [-0.2, -0.15) is 0 Å². The Hall–Kier alpha value is -2.64. The van der Waals surface area contributed by atoms with Crippen LogP contribution in [0.5, 0.6) is 0 Å². The van der Waals surface area contributed by atoms with Crippen molar-refractivity contribution in [2.45, 2.75) is 13.8 Å². The van der Waals surface area contributed by atoms with Crippen LogP contribution in [0.4, 0.5) is 11.4 Å². The second-order valence-corrected chi connectivity index (χ2v) is 7.77. The first-order valence-corrected chi connectivity index (χ1v) is 10.1. The minimum Gasteiger partial charge on any atom is -0.478 e. The van der Waals surface area contributed by atoms with Gasteiger partial charge in [0.2, 0.25) is 0 Å². The summed E-state index contributed by atoms with van der Waals surface area (Å²) < 4.78 is 0.430. The van der Waals surface area contributed by atoms with Crippen molar-refractivity contribution >= 4 is 57.6 Å². The molecule has 144 valence electrons. The molecule has 0 unspecified atom stereocenters. The molecule has 7 heteroatoms. The van der Waals surface area contributed by atoms with E-state index < -0.39 is 5.97 Å². The predicted octanol–water partition coefficient (Wildman–Crippen LogP) is 4.64. The molecule has 2 aromatic rings. The second kappa shape index (κ2) is 8.58. The van der Waals surface area contributed by atoms with Gasteiger partial charge in [-0.25, -0.2) is 4.79 Å². The fourth-order valence-corrected chi connectivity index (χ4v) is 4.34. The van der Waals surface area contributed by atoms with Gasteiger partial charge in [-0.3, -0.25) is 9.69 Å². The molecule has 1 saturated heterocycles. The van der Waals surface area contributed by atoms with Crippen molar-refractivity contribution in [3.63, 3.8) is 0 Å². The van der Waals surface area contributed by atoms with Crippen LogP contribution in [-0.2, 0) is 4.79 Å². The zero-order chi connectivity index (χ0) is 20.3. The molecule has 0 atom stereocenters. The third-order valence-electron chi connectivity index (χ3n) is 4.51. The number of anilines is 2. The maximum Gasteiger partial charge on any atom is 0.336 e. The van der Waals surface area contributed by atoms with Gasteiger partial charge < -0.3 is 10.0 Å². The number of carboxylic acids is 1. The highest BCUT2D eigenvalue weighted by molar-refractivity contribution is 8.27. The Labute approximate surface area is 173 Å². The third-order valence-corrected chi connectivity index (χ3v) is 5.81. The number of aromatic carboxylic acids is 1. The van der Waals surface area contributed by atoms with Crippen LogP contribution in [0.2, 0.25) is 0 Å². The fourth-order valence-electron chi connectivity index (χ4n) is 3.05. The minimum absolute atomic E-state index is 0.149. The van der Waals surface area contributed by atoms with Gasteiger partial charge in [-0.15, -0.1) is 0 Å². The van der Waals surface area contributed by atoms with Gasteiger partial charge in [0.25, 0.3) is 5.91 Å². The summed E-state index contributed by atoms with van der Waals surface area (Å²) in [6.07, 6.45) is 1.59. The van der Waals surface area contributed by atoms with E-state index >= 15 is 0 Å². The zero-order valence-electron chi connectivity index (χ0n) is 15.6. The maximum atomic E-state index is 12.9. The lowest BCUT2D eigenvalue weighted by molar-refractivity contribution is -0.113. The Balaban J connectivity index is 1.89. The number of rotatable bonds is 6. The molecule has 3 rings (SSSR count). The third kappa shape index (κ3) is 3.95. The molecule has 0 aromatic heterocycles. The van der Waals surface area contributed by atoms with E-state index in [9.17, 15) is 14.7 Å². The summed E-state index contributed by atoms with van der Waals surface area (Å²) >= 11 is 6.58. The average Bonchev–Trinajstić information content (AvgIpc) is 2.97. The molecule has 1 aliphatic rings. The molecular formula is C21H20N2O3S2. The van der Waals surface area contributed by atoms with E-state index in [4.69, 9.17) is 12.2 Å². The summed E-state index contributed by atoms with van der Waals surface area (Å²) in [6, 6.07) is 14.3. The number of thioether (sulfide) groups is 1. The number of carbonyl (C=O) groups is 2. The molecular weight excluding hydrogens is 392 g/mol. The second-order valence-electron chi connectivity index (χ2n) is 6.10. The molecule has 28 heavy (non-hydrogen) atoms. The van der Waals surface area contributed by atoms with Gasteiger partial charge in [0, 0.05) is 18.8 Å². The molecule has 2 aromatic carbocycles. The lowest BCUT2D eigenvalue weighted by atomic mass is 10.1.